The van der Waals surface area contributed by atoms with Gasteiger partial charge in [0.25, 0.3) is 0 Å². The van der Waals surface area contributed by atoms with E-state index in [0.29, 0.717) is 5.56 Å². The molecule has 0 spiro atoms. The van der Waals surface area contributed by atoms with E-state index in [0.717, 1.165) is 21.8 Å². The zero-order chi connectivity index (χ0) is 12.1. The van der Waals surface area contributed by atoms with E-state index in [4.69, 9.17) is 4.74 Å². The second kappa shape index (κ2) is 5.55. The highest BCUT2D eigenvalue weighted by molar-refractivity contribution is 7.99. The molecular weight excluding hydrogens is 232 g/mol. The highest BCUT2D eigenvalue weighted by atomic mass is 32.2. The second-order valence-electron chi connectivity index (χ2n) is 3.41. The van der Waals surface area contributed by atoms with E-state index >= 15 is 0 Å². The smallest absolute Gasteiger partial charge is 0.151 e. The number of benzene rings is 2. The Hall–Kier alpha value is -1.74. The number of ether oxygens (including phenoxy) is 1. The van der Waals surface area contributed by atoms with Crippen molar-refractivity contribution in [3.05, 3.63) is 54.1 Å². The zero-order valence-corrected chi connectivity index (χ0v) is 10.2. The van der Waals surface area contributed by atoms with Crippen LogP contribution in [0.2, 0.25) is 0 Å². The van der Waals surface area contributed by atoms with Crippen LogP contribution >= 0.6 is 11.8 Å². The Bertz CT molecular complexity index is 509. The van der Waals surface area contributed by atoms with Gasteiger partial charge < -0.3 is 4.74 Å². The molecule has 2 aromatic rings. The molecule has 2 aromatic carbocycles. The lowest BCUT2D eigenvalue weighted by molar-refractivity contribution is 0.112. The van der Waals surface area contributed by atoms with Crippen molar-refractivity contribution in [1.29, 1.82) is 0 Å². The Morgan fingerprint density at radius 1 is 1.06 bits per heavy atom. The summed E-state index contributed by atoms with van der Waals surface area (Å²) in [5, 5.41) is 0. The zero-order valence-electron chi connectivity index (χ0n) is 9.42. The van der Waals surface area contributed by atoms with E-state index in [-0.39, 0.29) is 0 Å². The number of hydrogen-bond donors (Lipinski definition) is 0. The van der Waals surface area contributed by atoms with Crippen LogP contribution < -0.4 is 4.74 Å². The third-order valence-electron chi connectivity index (χ3n) is 2.32. The average molecular weight is 244 g/mol. The van der Waals surface area contributed by atoms with Gasteiger partial charge in [-0.3, -0.25) is 4.79 Å². The van der Waals surface area contributed by atoms with E-state index in [1.807, 2.05) is 42.5 Å². The Morgan fingerprint density at radius 3 is 2.47 bits per heavy atom. The summed E-state index contributed by atoms with van der Waals surface area (Å²) >= 11 is 1.53. The van der Waals surface area contributed by atoms with Crippen LogP contribution in [0.5, 0.6) is 5.75 Å². The monoisotopic (exact) mass is 244 g/mol. The van der Waals surface area contributed by atoms with Crippen molar-refractivity contribution in [1.82, 2.24) is 0 Å². The molecule has 0 saturated carbocycles. The summed E-state index contributed by atoms with van der Waals surface area (Å²) in [5.74, 6) is 0.725. The maximum atomic E-state index is 11.0. The fraction of sp³-hybridized carbons (Fsp3) is 0.0714. The van der Waals surface area contributed by atoms with Crippen LogP contribution in [0.1, 0.15) is 10.4 Å². The Balaban J connectivity index is 2.40. The van der Waals surface area contributed by atoms with Crippen molar-refractivity contribution < 1.29 is 9.53 Å². The minimum atomic E-state index is 0.651. The van der Waals surface area contributed by atoms with Gasteiger partial charge >= 0.3 is 0 Å². The summed E-state index contributed by atoms with van der Waals surface area (Å²) in [7, 11) is 1.61. The molecule has 0 unspecified atom stereocenters. The molecule has 0 aliphatic rings. The fourth-order valence-electron chi connectivity index (χ4n) is 1.50. The number of carbonyl (C=O) groups excluding carboxylic acids is 1. The van der Waals surface area contributed by atoms with Crippen LogP contribution in [0.4, 0.5) is 0 Å². The van der Waals surface area contributed by atoms with Gasteiger partial charge in [-0.05, 0) is 18.2 Å². The van der Waals surface area contributed by atoms with E-state index in [1.165, 1.54) is 11.8 Å². The Labute approximate surface area is 105 Å². The molecule has 0 amide bonds. The van der Waals surface area contributed by atoms with E-state index in [9.17, 15) is 4.79 Å². The molecule has 3 heteroatoms. The first-order chi connectivity index (χ1) is 8.35. The molecule has 0 N–H and O–H groups in total. The quantitative estimate of drug-likeness (QED) is 0.768. The van der Waals surface area contributed by atoms with Crippen LogP contribution in [0.15, 0.2) is 58.3 Å². The maximum Gasteiger partial charge on any atom is 0.151 e. The highest BCUT2D eigenvalue weighted by Crippen LogP contribution is 2.36. The third-order valence-corrected chi connectivity index (χ3v) is 3.47. The molecule has 17 heavy (non-hydrogen) atoms. The molecule has 2 rings (SSSR count). The van der Waals surface area contributed by atoms with Crippen molar-refractivity contribution in [3.8, 4) is 5.75 Å². The van der Waals surface area contributed by atoms with Crippen LogP contribution in [0.25, 0.3) is 0 Å². The van der Waals surface area contributed by atoms with Gasteiger partial charge in [-0.25, -0.2) is 0 Å². The van der Waals surface area contributed by atoms with Crippen molar-refractivity contribution in [3.63, 3.8) is 0 Å². The fourth-order valence-corrected chi connectivity index (χ4v) is 2.52. The van der Waals surface area contributed by atoms with Gasteiger partial charge in [-0.15, -0.1) is 0 Å². The highest BCUT2D eigenvalue weighted by Gasteiger charge is 2.09. The Morgan fingerprint density at radius 2 is 1.82 bits per heavy atom. The summed E-state index contributed by atoms with van der Waals surface area (Å²) < 4.78 is 5.28. The first-order valence-corrected chi connectivity index (χ1v) is 6.02. The standard InChI is InChI=1S/C14H12O2S/c1-16-13-9-5-6-11(10-15)14(13)17-12-7-3-2-4-8-12/h2-10H,1H3. The summed E-state index contributed by atoms with van der Waals surface area (Å²) in [6, 6.07) is 15.4. The molecule has 0 saturated heterocycles. The van der Waals surface area contributed by atoms with Gasteiger partial charge in [-0.2, -0.15) is 0 Å². The number of aldehydes is 1. The predicted molar refractivity (Wildman–Crippen MR) is 68.9 cm³/mol. The minimum absolute atomic E-state index is 0.651. The lowest BCUT2D eigenvalue weighted by Gasteiger charge is -2.09. The predicted octanol–water partition coefficient (Wildman–Crippen LogP) is 3.66. The van der Waals surface area contributed by atoms with Crippen LogP contribution in [0.3, 0.4) is 0 Å². The molecule has 0 aromatic heterocycles. The van der Waals surface area contributed by atoms with Crippen molar-refractivity contribution in [2.24, 2.45) is 0 Å². The summed E-state index contributed by atoms with van der Waals surface area (Å²) in [6.45, 7) is 0. The largest absolute Gasteiger partial charge is 0.496 e. The summed E-state index contributed by atoms with van der Waals surface area (Å²) in [6.07, 6.45) is 0.855. The first-order valence-electron chi connectivity index (χ1n) is 5.20. The number of rotatable bonds is 4. The van der Waals surface area contributed by atoms with Gasteiger partial charge in [0.1, 0.15) is 5.75 Å². The van der Waals surface area contributed by atoms with Crippen molar-refractivity contribution >= 4 is 18.0 Å². The van der Waals surface area contributed by atoms with Crippen molar-refractivity contribution in [2.45, 2.75) is 9.79 Å². The molecule has 0 radical (unpaired) electrons. The van der Waals surface area contributed by atoms with Gasteiger partial charge in [0.2, 0.25) is 0 Å². The maximum absolute atomic E-state index is 11.0. The number of carbonyl (C=O) groups is 1. The van der Waals surface area contributed by atoms with Gasteiger partial charge in [0.05, 0.1) is 12.0 Å². The molecule has 0 bridgehead atoms. The molecule has 0 aliphatic carbocycles. The number of methoxy groups -OCH3 is 1. The van der Waals surface area contributed by atoms with E-state index in [1.54, 1.807) is 13.2 Å². The first kappa shape index (κ1) is 11.7. The summed E-state index contributed by atoms with van der Waals surface area (Å²) in [5.41, 5.74) is 0.651. The SMILES string of the molecule is COc1cccc(C=O)c1Sc1ccccc1. The average Bonchev–Trinajstić information content (AvgIpc) is 2.40. The molecule has 0 fully saturated rings. The summed E-state index contributed by atoms with van der Waals surface area (Å²) in [4.78, 5) is 13.0. The number of hydrogen-bond acceptors (Lipinski definition) is 3. The van der Waals surface area contributed by atoms with Crippen LogP contribution in [-0.4, -0.2) is 13.4 Å². The molecule has 2 nitrogen and oxygen atoms in total. The topological polar surface area (TPSA) is 26.3 Å². The Kier molecular flexibility index (Phi) is 3.83. The van der Waals surface area contributed by atoms with E-state index < -0.39 is 0 Å². The molecule has 0 aliphatic heterocycles. The minimum Gasteiger partial charge on any atom is -0.496 e. The van der Waals surface area contributed by atoms with Gasteiger partial charge in [0.15, 0.2) is 6.29 Å². The molecule has 0 atom stereocenters. The second-order valence-corrected chi connectivity index (χ2v) is 4.50. The van der Waals surface area contributed by atoms with Crippen LogP contribution in [0, 0.1) is 0 Å². The molecule has 86 valence electrons. The normalized spacial score (nSPS) is 9.94. The lowest BCUT2D eigenvalue weighted by atomic mass is 10.2. The molecular formula is C14H12O2S. The van der Waals surface area contributed by atoms with E-state index in [2.05, 4.69) is 0 Å². The van der Waals surface area contributed by atoms with Gasteiger partial charge in [-0.1, -0.05) is 42.1 Å². The van der Waals surface area contributed by atoms with Crippen LogP contribution in [-0.2, 0) is 0 Å². The van der Waals surface area contributed by atoms with Gasteiger partial charge in [0, 0.05) is 10.5 Å². The van der Waals surface area contributed by atoms with Crippen molar-refractivity contribution in [2.75, 3.05) is 7.11 Å². The third kappa shape index (κ3) is 2.68. The molecule has 0 heterocycles. The lowest BCUT2D eigenvalue weighted by Crippen LogP contribution is -1.91.